The first-order chi connectivity index (χ1) is 13.7. The molecule has 28 heavy (non-hydrogen) atoms. The molecule has 0 amide bonds. The van der Waals surface area contributed by atoms with Gasteiger partial charge in [-0.2, -0.15) is 0 Å². The van der Waals surface area contributed by atoms with Gasteiger partial charge >= 0.3 is 0 Å². The van der Waals surface area contributed by atoms with Crippen LogP contribution in [0.15, 0.2) is 47.7 Å². The molecule has 0 radical (unpaired) electrons. The summed E-state index contributed by atoms with van der Waals surface area (Å²) in [5.74, 6) is 0.900. The van der Waals surface area contributed by atoms with Crippen molar-refractivity contribution < 1.29 is 4.74 Å². The lowest BCUT2D eigenvalue weighted by atomic mass is 10.1. The Bertz CT molecular complexity index is 927. The number of hydrogen-bond donors (Lipinski definition) is 0. The predicted octanol–water partition coefficient (Wildman–Crippen LogP) is 6.04. The van der Waals surface area contributed by atoms with Crippen LogP contribution in [0.1, 0.15) is 50.2 Å². The molecule has 0 atom stereocenters. The first kappa shape index (κ1) is 20.1. The number of aryl methyl sites for hydroxylation is 2. The smallest absolute Gasteiger partial charge is 0.137 e. The summed E-state index contributed by atoms with van der Waals surface area (Å²) in [7, 11) is 0. The molecule has 0 aliphatic heterocycles. The van der Waals surface area contributed by atoms with Gasteiger partial charge in [0, 0.05) is 37.1 Å². The van der Waals surface area contributed by atoms with E-state index in [0.717, 1.165) is 35.6 Å². The number of aromatic nitrogens is 2. The maximum Gasteiger partial charge on any atom is 0.137 e. The van der Waals surface area contributed by atoms with Crippen molar-refractivity contribution in [3.63, 3.8) is 0 Å². The van der Waals surface area contributed by atoms with Gasteiger partial charge in [0.05, 0.1) is 12.3 Å². The first-order valence-electron chi connectivity index (χ1n) is 10.3. The average Bonchev–Trinajstić information content (AvgIpc) is 3.09. The van der Waals surface area contributed by atoms with Gasteiger partial charge in [-0.3, -0.25) is 4.99 Å². The minimum absolute atomic E-state index is 0.658. The molecule has 4 heteroatoms. The molecular formula is C24H31N3O. The van der Waals surface area contributed by atoms with Crippen LogP contribution in [-0.4, -0.2) is 28.8 Å². The third-order valence-electron chi connectivity index (χ3n) is 4.88. The largest absolute Gasteiger partial charge is 0.493 e. The van der Waals surface area contributed by atoms with Gasteiger partial charge in [-0.25, -0.2) is 4.98 Å². The molecule has 0 fully saturated rings. The third-order valence-corrected chi connectivity index (χ3v) is 4.88. The Balaban J connectivity index is 1.53. The molecule has 0 N–H and O–H groups in total. The summed E-state index contributed by atoms with van der Waals surface area (Å²) in [6.07, 6.45) is 12.0. The number of pyridine rings is 1. The molecule has 0 saturated heterocycles. The van der Waals surface area contributed by atoms with Gasteiger partial charge in [0.1, 0.15) is 11.4 Å². The second-order valence-corrected chi connectivity index (χ2v) is 7.36. The number of benzene rings is 1. The van der Waals surface area contributed by atoms with Crippen LogP contribution in [0.2, 0.25) is 0 Å². The van der Waals surface area contributed by atoms with Gasteiger partial charge in [0.15, 0.2) is 0 Å². The number of aliphatic imine (C=N–C) groups is 1. The lowest BCUT2D eigenvalue weighted by Gasteiger charge is -2.08. The van der Waals surface area contributed by atoms with Crippen molar-refractivity contribution in [2.75, 3.05) is 13.2 Å². The second-order valence-electron chi connectivity index (χ2n) is 7.36. The number of nitrogens with zero attached hydrogens (tertiary/aromatic N) is 3. The molecule has 0 saturated carbocycles. The van der Waals surface area contributed by atoms with E-state index >= 15 is 0 Å². The number of imidazole rings is 1. The van der Waals surface area contributed by atoms with Crippen molar-refractivity contribution in [1.29, 1.82) is 0 Å². The molecule has 3 rings (SSSR count). The molecule has 0 spiro atoms. The van der Waals surface area contributed by atoms with E-state index in [2.05, 4.69) is 66.8 Å². The van der Waals surface area contributed by atoms with Crippen LogP contribution < -0.4 is 4.74 Å². The molecule has 148 valence electrons. The van der Waals surface area contributed by atoms with E-state index in [1.165, 1.54) is 36.8 Å². The van der Waals surface area contributed by atoms with E-state index < -0.39 is 0 Å². The average molecular weight is 378 g/mol. The van der Waals surface area contributed by atoms with Gasteiger partial charge in [-0.1, -0.05) is 26.2 Å². The Labute approximate surface area is 168 Å². The fraction of sp³-hybridized carbons (Fsp3) is 0.417. The molecule has 0 aliphatic rings. The predicted molar refractivity (Wildman–Crippen MR) is 118 cm³/mol. The normalized spacial score (nSPS) is 11.5. The topological polar surface area (TPSA) is 38.9 Å². The molecule has 1 aromatic carbocycles. The number of unbranched alkanes of at least 4 members (excludes halogenated alkanes) is 3. The number of ether oxygens (including phenoxy) is 1. The highest BCUT2D eigenvalue weighted by molar-refractivity contribution is 5.67. The highest BCUT2D eigenvalue weighted by Gasteiger charge is 2.08. The van der Waals surface area contributed by atoms with Crippen LogP contribution in [0, 0.1) is 13.8 Å². The summed E-state index contributed by atoms with van der Waals surface area (Å²) in [4.78, 5) is 9.22. The van der Waals surface area contributed by atoms with Crippen molar-refractivity contribution in [1.82, 2.24) is 9.38 Å². The third kappa shape index (κ3) is 5.44. The van der Waals surface area contributed by atoms with E-state index in [9.17, 15) is 0 Å². The fourth-order valence-electron chi connectivity index (χ4n) is 3.27. The van der Waals surface area contributed by atoms with Crippen molar-refractivity contribution in [3.8, 4) is 17.0 Å². The molecule has 4 nitrogen and oxygen atoms in total. The zero-order valence-electron chi connectivity index (χ0n) is 17.3. The minimum atomic E-state index is 0.658. The first-order valence-corrected chi connectivity index (χ1v) is 10.3. The quantitative estimate of drug-likeness (QED) is 0.319. The number of rotatable bonds is 10. The Hall–Kier alpha value is -2.62. The standard InChI is InChI=1S/C24H31N3O/c1-4-5-6-7-12-25-13-8-15-28-21-9-10-22(20(3)17-21)23-18-27-14-11-19(2)16-24(27)26-23/h9-11,13-14,16-18H,4-8,12,15H2,1-3H3. The van der Waals surface area contributed by atoms with Crippen molar-refractivity contribution in [2.24, 2.45) is 4.99 Å². The monoisotopic (exact) mass is 377 g/mol. The van der Waals surface area contributed by atoms with E-state index in [0.29, 0.717) is 6.61 Å². The molecule has 3 aromatic rings. The van der Waals surface area contributed by atoms with E-state index in [4.69, 9.17) is 9.72 Å². The van der Waals surface area contributed by atoms with E-state index in [-0.39, 0.29) is 0 Å². The van der Waals surface area contributed by atoms with Gasteiger partial charge in [-0.05, 0) is 61.7 Å². The van der Waals surface area contributed by atoms with Crippen LogP contribution in [0.5, 0.6) is 5.75 Å². The Morgan fingerprint density at radius 1 is 1.11 bits per heavy atom. The van der Waals surface area contributed by atoms with E-state index in [1.54, 1.807) is 0 Å². The number of fused-ring (bicyclic) bond motifs is 1. The molecular weight excluding hydrogens is 346 g/mol. The summed E-state index contributed by atoms with van der Waals surface area (Å²) in [6, 6.07) is 10.4. The van der Waals surface area contributed by atoms with Crippen LogP contribution >= 0.6 is 0 Å². The zero-order chi connectivity index (χ0) is 19.8. The molecule has 0 aliphatic carbocycles. The number of hydrogen-bond acceptors (Lipinski definition) is 3. The Morgan fingerprint density at radius 2 is 2.00 bits per heavy atom. The minimum Gasteiger partial charge on any atom is -0.493 e. The van der Waals surface area contributed by atoms with Gasteiger partial charge in [0.25, 0.3) is 0 Å². The van der Waals surface area contributed by atoms with Crippen molar-refractivity contribution >= 4 is 11.9 Å². The summed E-state index contributed by atoms with van der Waals surface area (Å²) in [5, 5.41) is 0. The highest BCUT2D eigenvalue weighted by Crippen LogP contribution is 2.26. The highest BCUT2D eigenvalue weighted by atomic mass is 16.5. The van der Waals surface area contributed by atoms with Crippen molar-refractivity contribution in [2.45, 2.75) is 52.9 Å². The lowest BCUT2D eigenvalue weighted by Crippen LogP contribution is -1.99. The van der Waals surface area contributed by atoms with Gasteiger partial charge in [0.2, 0.25) is 0 Å². The second kappa shape index (κ2) is 10.1. The Kier molecular flexibility index (Phi) is 7.24. The van der Waals surface area contributed by atoms with Crippen LogP contribution in [0.25, 0.3) is 16.9 Å². The summed E-state index contributed by atoms with van der Waals surface area (Å²) in [5.41, 5.74) is 5.49. The SMILES string of the molecule is CCCCCCN=CCCOc1ccc(-c2cn3ccc(C)cc3n2)c(C)c1. The summed E-state index contributed by atoms with van der Waals surface area (Å²) in [6.45, 7) is 8.02. The zero-order valence-corrected chi connectivity index (χ0v) is 17.3. The summed E-state index contributed by atoms with van der Waals surface area (Å²) < 4.78 is 7.94. The van der Waals surface area contributed by atoms with E-state index in [1.807, 2.05) is 12.3 Å². The fourth-order valence-corrected chi connectivity index (χ4v) is 3.27. The molecule has 2 aromatic heterocycles. The van der Waals surface area contributed by atoms with Crippen molar-refractivity contribution in [3.05, 3.63) is 53.9 Å². The van der Waals surface area contributed by atoms with Crippen LogP contribution in [0.4, 0.5) is 0 Å². The van der Waals surface area contributed by atoms with Gasteiger partial charge in [-0.15, -0.1) is 0 Å². The maximum atomic E-state index is 5.88. The van der Waals surface area contributed by atoms with Gasteiger partial charge < -0.3 is 9.14 Å². The van der Waals surface area contributed by atoms with Crippen LogP contribution in [-0.2, 0) is 0 Å². The maximum absolute atomic E-state index is 5.88. The Morgan fingerprint density at radius 3 is 2.82 bits per heavy atom. The molecule has 0 unspecified atom stereocenters. The summed E-state index contributed by atoms with van der Waals surface area (Å²) >= 11 is 0. The molecule has 2 heterocycles. The van der Waals surface area contributed by atoms with Crippen LogP contribution in [0.3, 0.4) is 0 Å². The lowest BCUT2D eigenvalue weighted by molar-refractivity contribution is 0.330. The molecule has 0 bridgehead atoms.